The number of nitro benzene ring substituents is 1. The summed E-state index contributed by atoms with van der Waals surface area (Å²) in [5, 5.41) is 14.4. The summed E-state index contributed by atoms with van der Waals surface area (Å²) < 4.78 is 18.7. The lowest BCUT2D eigenvalue weighted by Gasteiger charge is -2.11. The van der Waals surface area contributed by atoms with Crippen LogP contribution in [0.2, 0.25) is 10.0 Å². The highest BCUT2D eigenvalue weighted by molar-refractivity contribution is 8.18. The molecule has 0 radical (unpaired) electrons. The molecule has 1 aliphatic rings. The Bertz CT molecular complexity index is 1320. The number of hydrogen-bond donors (Lipinski definition) is 1. The van der Waals surface area contributed by atoms with Crippen molar-refractivity contribution >= 4 is 63.5 Å². The Hall–Kier alpha value is -3.40. The maximum atomic E-state index is 13.1. The second kappa shape index (κ2) is 10.3. The summed E-state index contributed by atoms with van der Waals surface area (Å²) in [7, 11) is 0. The number of amides is 1. The van der Waals surface area contributed by atoms with Gasteiger partial charge in [0.2, 0.25) is 0 Å². The monoisotopic (exact) mass is 517 g/mol. The van der Waals surface area contributed by atoms with Gasteiger partial charge in [0.15, 0.2) is 10.9 Å². The van der Waals surface area contributed by atoms with Crippen molar-refractivity contribution in [3.8, 4) is 5.75 Å². The fourth-order valence-corrected chi connectivity index (χ4v) is 4.44. The van der Waals surface area contributed by atoms with Crippen LogP contribution in [0.3, 0.4) is 0 Å². The van der Waals surface area contributed by atoms with Crippen LogP contribution in [0.15, 0.2) is 70.6 Å². The fourth-order valence-electron chi connectivity index (χ4n) is 2.98. The Morgan fingerprint density at radius 2 is 1.82 bits per heavy atom. The number of carbonyl (C=O) groups is 1. The number of thioether (sulfide) groups is 1. The molecule has 1 saturated heterocycles. The van der Waals surface area contributed by atoms with Crippen LogP contribution in [0.25, 0.3) is 6.08 Å². The quantitative estimate of drug-likeness (QED) is 0.228. The summed E-state index contributed by atoms with van der Waals surface area (Å²) >= 11 is 13.8. The number of rotatable bonds is 6. The highest BCUT2D eigenvalue weighted by Gasteiger charge is 2.24. The van der Waals surface area contributed by atoms with Gasteiger partial charge < -0.3 is 10.1 Å². The Labute approximate surface area is 207 Å². The molecule has 11 heteroatoms. The Balaban J connectivity index is 1.49. The summed E-state index contributed by atoms with van der Waals surface area (Å²) in [6.45, 7) is 0.0308. The molecule has 3 aromatic rings. The fraction of sp³-hybridized carbons (Fsp3) is 0.0435. The van der Waals surface area contributed by atoms with E-state index < -0.39 is 4.92 Å². The summed E-state index contributed by atoms with van der Waals surface area (Å²) in [6.07, 6.45) is 1.61. The molecule has 0 saturated carbocycles. The molecule has 0 bridgehead atoms. The van der Waals surface area contributed by atoms with Gasteiger partial charge in [-0.2, -0.15) is 0 Å². The van der Waals surface area contributed by atoms with Crippen LogP contribution in [0.4, 0.5) is 15.8 Å². The van der Waals surface area contributed by atoms with Gasteiger partial charge in [-0.15, -0.1) is 0 Å². The zero-order valence-electron chi connectivity index (χ0n) is 17.1. The molecule has 0 unspecified atom stereocenters. The van der Waals surface area contributed by atoms with Gasteiger partial charge in [-0.1, -0.05) is 35.3 Å². The van der Waals surface area contributed by atoms with E-state index in [-0.39, 0.29) is 39.8 Å². The molecule has 1 fully saturated rings. The van der Waals surface area contributed by atoms with E-state index in [1.165, 1.54) is 36.4 Å². The predicted molar refractivity (Wildman–Crippen MR) is 131 cm³/mol. The number of hydrogen-bond acceptors (Lipinski definition) is 6. The number of benzene rings is 3. The number of ether oxygens (including phenoxy) is 1. The highest BCUT2D eigenvalue weighted by atomic mass is 35.5. The van der Waals surface area contributed by atoms with Gasteiger partial charge in [0.05, 0.1) is 25.6 Å². The lowest BCUT2D eigenvalue weighted by Crippen LogP contribution is -2.19. The van der Waals surface area contributed by atoms with Crippen LogP contribution in [0, 0.1) is 15.9 Å². The van der Waals surface area contributed by atoms with Crippen molar-refractivity contribution in [3.05, 3.63) is 103 Å². The summed E-state index contributed by atoms with van der Waals surface area (Å²) in [5.74, 6) is -0.498. The number of nitrogens with one attached hydrogen (secondary N) is 1. The van der Waals surface area contributed by atoms with Crippen molar-refractivity contribution in [1.29, 1.82) is 0 Å². The third kappa shape index (κ3) is 5.74. The third-order valence-electron chi connectivity index (χ3n) is 4.53. The second-order valence-electron chi connectivity index (χ2n) is 6.99. The number of halogens is 3. The predicted octanol–water partition coefficient (Wildman–Crippen LogP) is 6.51. The summed E-state index contributed by atoms with van der Waals surface area (Å²) in [5.41, 5.74) is 1.61. The number of non-ortho nitro benzene ring substituents is 1. The molecule has 1 N–H and O–H groups in total. The lowest BCUT2D eigenvalue weighted by molar-refractivity contribution is -0.384. The first kappa shape index (κ1) is 23.7. The highest BCUT2D eigenvalue weighted by Crippen LogP contribution is 2.37. The van der Waals surface area contributed by atoms with Gasteiger partial charge in [0.25, 0.3) is 11.6 Å². The molecule has 4 rings (SSSR count). The Morgan fingerprint density at radius 1 is 1.12 bits per heavy atom. The van der Waals surface area contributed by atoms with Gasteiger partial charge in [-0.3, -0.25) is 14.9 Å². The number of carbonyl (C=O) groups excluding carboxylic acids is 1. The van der Waals surface area contributed by atoms with E-state index in [2.05, 4.69) is 10.3 Å². The smallest absolute Gasteiger partial charge is 0.269 e. The van der Waals surface area contributed by atoms with Crippen LogP contribution in [0.1, 0.15) is 11.1 Å². The average molecular weight is 518 g/mol. The van der Waals surface area contributed by atoms with Crippen molar-refractivity contribution in [3.63, 3.8) is 0 Å². The van der Waals surface area contributed by atoms with E-state index in [4.69, 9.17) is 27.9 Å². The third-order valence-corrected chi connectivity index (χ3v) is 6.00. The zero-order valence-corrected chi connectivity index (χ0v) is 19.5. The van der Waals surface area contributed by atoms with Crippen LogP contribution >= 0.6 is 35.0 Å². The molecule has 3 aromatic carbocycles. The van der Waals surface area contributed by atoms with Gasteiger partial charge in [-0.25, -0.2) is 9.38 Å². The Kier molecular flexibility index (Phi) is 7.16. The first-order valence-corrected chi connectivity index (χ1v) is 11.3. The molecular weight excluding hydrogens is 504 g/mol. The minimum Gasteiger partial charge on any atom is -0.486 e. The molecule has 1 amide bonds. The molecule has 0 atom stereocenters. The number of nitrogens with zero attached hydrogens (tertiary/aromatic N) is 2. The molecule has 0 aliphatic carbocycles. The molecule has 0 aromatic heterocycles. The number of amidine groups is 1. The second-order valence-corrected chi connectivity index (χ2v) is 8.83. The van der Waals surface area contributed by atoms with E-state index in [1.54, 1.807) is 30.3 Å². The topological polar surface area (TPSA) is 93.8 Å². The van der Waals surface area contributed by atoms with Crippen LogP contribution in [-0.2, 0) is 11.4 Å². The van der Waals surface area contributed by atoms with Crippen molar-refractivity contribution in [2.24, 2.45) is 4.99 Å². The van der Waals surface area contributed by atoms with Gasteiger partial charge in [-0.05, 0) is 65.4 Å². The number of nitro groups is 1. The maximum Gasteiger partial charge on any atom is 0.269 e. The number of aliphatic imine (C=N–C) groups is 1. The SMILES string of the molecule is O=C1NC(=Nc2ccc(F)cc2)S/C1=C\c1cc(Cl)c(OCc2cccc([N+](=O)[O-])c2)c(Cl)c1. The van der Waals surface area contributed by atoms with Crippen molar-refractivity contribution in [2.75, 3.05) is 0 Å². The van der Waals surface area contributed by atoms with E-state index in [1.807, 2.05) is 0 Å². The molecule has 172 valence electrons. The van der Waals surface area contributed by atoms with Crippen LogP contribution in [-0.4, -0.2) is 16.0 Å². The average Bonchev–Trinajstić information content (AvgIpc) is 3.13. The molecule has 34 heavy (non-hydrogen) atoms. The summed E-state index contributed by atoms with van der Waals surface area (Å²) in [4.78, 5) is 27.4. The molecule has 1 heterocycles. The lowest BCUT2D eigenvalue weighted by atomic mass is 10.2. The van der Waals surface area contributed by atoms with Gasteiger partial charge in [0, 0.05) is 12.1 Å². The Morgan fingerprint density at radius 3 is 2.50 bits per heavy atom. The molecule has 7 nitrogen and oxygen atoms in total. The van der Waals surface area contributed by atoms with Crippen molar-refractivity contribution in [2.45, 2.75) is 6.61 Å². The van der Waals surface area contributed by atoms with E-state index >= 15 is 0 Å². The van der Waals surface area contributed by atoms with E-state index in [0.29, 0.717) is 26.9 Å². The van der Waals surface area contributed by atoms with Crippen molar-refractivity contribution in [1.82, 2.24) is 5.32 Å². The van der Waals surface area contributed by atoms with Crippen LogP contribution < -0.4 is 10.1 Å². The first-order valence-electron chi connectivity index (χ1n) is 9.69. The van der Waals surface area contributed by atoms with Gasteiger partial charge in [0.1, 0.15) is 12.4 Å². The normalized spacial score (nSPS) is 15.6. The zero-order chi connectivity index (χ0) is 24.2. The minimum atomic E-state index is -0.487. The molecule has 0 spiro atoms. The maximum absolute atomic E-state index is 13.1. The summed E-state index contributed by atoms with van der Waals surface area (Å²) in [6, 6.07) is 14.8. The van der Waals surface area contributed by atoms with Crippen LogP contribution in [0.5, 0.6) is 5.75 Å². The van der Waals surface area contributed by atoms with Crippen molar-refractivity contribution < 1.29 is 18.8 Å². The van der Waals surface area contributed by atoms with E-state index in [9.17, 15) is 19.3 Å². The first-order chi connectivity index (χ1) is 16.3. The van der Waals surface area contributed by atoms with Gasteiger partial charge >= 0.3 is 0 Å². The minimum absolute atomic E-state index is 0.0308. The van der Waals surface area contributed by atoms with E-state index in [0.717, 1.165) is 11.8 Å². The largest absolute Gasteiger partial charge is 0.486 e. The molecular formula is C23H14Cl2FN3O4S. The standard InChI is InChI=1S/C23H14Cl2FN3O4S/c24-18-9-14(10-19(25)21(18)33-12-13-2-1-3-17(8-13)29(31)32)11-20-22(30)28-23(34-20)27-16-6-4-15(26)5-7-16/h1-11H,12H2,(H,27,28,30)/b20-11-. The molecule has 1 aliphatic heterocycles.